The van der Waals surface area contributed by atoms with E-state index in [2.05, 4.69) is 22.7 Å². The molecule has 2 N–H and O–H groups in total. The first-order valence-electron chi connectivity index (χ1n) is 6.14. The van der Waals surface area contributed by atoms with Crippen LogP contribution in [0, 0.1) is 0 Å². The summed E-state index contributed by atoms with van der Waals surface area (Å²) in [6, 6.07) is 2.20. The molecule has 1 amide bonds. The molecule has 17 heavy (non-hydrogen) atoms. The zero-order chi connectivity index (χ0) is 12.7. The molecule has 0 aliphatic rings. The number of aryl methyl sites for hydroxylation is 1. The monoisotopic (exact) mass is 238 g/mol. The number of rotatable bonds is 7. The lowest BCUT2D eigenvalue weighted by atomic mass is 10.3. The Balaban J connectivity index is 2.18. The van der Waals surface area contributed by atoms with Gasteiger partial charge in [0, 0.05) is 38.3 Å². The molecule has 5 heteroatoms. The van der Waals surface area contributed by atoms with E-state index >= 15 is 0 Å². The molecule has 0 aromatic carbocycles. The van der Waals surface area contributed by atoms with Gasteiger partial charge in [-0.15, -0.1) is 0 Å². The molecule has 1 aromatic heterocycles. The maximum absolute atomic E-state index is 11.4. The van der Waals surface area contributed by atoms with Gasteiger partial charge in [-0.1, -0.05) is 0 Å². The normalized spacial score (nSPS) is 10.8. The van der Waals surface area contributed by atoms with E-state index in [0.717, 1.165) is 18.8 Å². The Labute approximate surface area is 103 Å². The molecule has 0 atom stereocenters. The van der Waals surface area contributed by atoms with Crippen LogP contribution in [0.15, 0.2) is 12.3 Å². The summed E-state index contributed by atoms with van der Waals surface area (Å²) >= 11 is 0. The van der Waals surface area contributed by atoms with Crippen molar-refractivity contribution in [1.29, 1.82) is 0 Å². The van der Waals surface area contributed by atoms with Crippen molar-refractivity contribution in [2.24, 2.45) is 0 Å². The highest BCUT2D eigenvalue weighted by atomic mass is 16.1. The Kier molecular flexibility index (Phi) is 5.69. The Morgan fingerprint density at radius 1 is 1.53 bits per heavy atom. The van der Waals surface area contributed by atoms with E-state index in [4.69, 9.17) is 0 Å². The van der Waals surface area contributed by atoms with Crippen LogP contribution in [0.1, 0.15) is 32.9 Å². The smallest absolute Gasteiger partial charge is 0.221 e. The Bertz CT molecular complexity index is 346. The molecule has 0 radical (unpaired) electrons. The molecule has 1 rings (SSSR count). The molecule has 0 unspecified atom stereocenters. The van der Waals surface area contributed by atoms with Crippen LogP contribution in [0.5, 0.6) is 0 Å². The predicted molar refractivity (Wildman–Crippen MR) is 67.5 cm³/mol. The Morgan fingerprint density at radius 2 is 2.29 bits per heavy atom. The summed E-state index contributed by atoms with van der Waals surface area (Å²) in [4.78, 5) is 11.4. The number of aromatic nitrogens is 2. The molecule has 0 saturated carbocycles. The number of hydrogen-bond acceptors (Lipinski definition) is 3. The lowest BCUT2D eigenvalue weighted by Gasteiger charge is -2.09. The van der Waals surface area contributed by atoms with Gasteiger partial charge in [-0.3, -0.25) is 9.48 Å². The highest BCUT2D eigenvalue weighted by Gasteiger charge is 2.03. The van der Waals surface area contributed by atoms with Crippen molar-refractivity contribution < 1.29 is 4.79 Å². The minimum atomic E-state index is 0.0940. The number of hydrogen-bond donors (Lipinski definition) is 2. The molecular weight excluding hydrogens is 216 g/mol. The molecule has 96 valence electrons. The van der Waals surface area contributed by atoms with Gasteiger partial charge >= 0.3 is 0 Å². The van der Waals surface area contributed by atoms with Crippen LogP contribution in [0.25, 0.3) is 0 Å². The van der Waals surface area contributed by atoms with Crippen LogP contribution < -0.4 is 10.6 Å². The quantitative estimate of drug-likeness (QED) is 0.694. The van der Waals surface area contributed by atoms with Gasteiger partial charge in [-0.2, -0.15) is 5.10 Å². The highest BCUT2D eigenvalue weighted by molar-refractivity contribution is 5.76. The van der Waals surface area contributed by atoms with Gasteiger partial charge in [0.15, 0.2) is 0 Å². The average Bonchev–Trinajstić information content (AvgIpc) is 2.70. The molecular formula is C12H22N4O. The number of carbonyl (C=O) groups excluding carboxylic acids is 1. The lowest BCUT2D eigenvalue weighted by Crippen LogP contribution is -2.32. The van der Waals surface area contributed by atoms with Crippen molar-refractivity contribution >= 4 is 5.91 Å². The summed E-state index contributed by atoms with van der Waals surface area (Å²) in [5, 5.41) is 10.3. The second-order valence-electron chi connectivity index (χ2n) is 4.29. The van der Waals surface area contributed by atoms with Gasteiger partial charge in [0.2, 0.25) is 5.91 Å². The van der Waals surface area contributed by atoms with Crippen molar-refractivity contribution in [2.45, 2.75) is 46.3 Å². The van der Waals surface area contributed by atoms with Crippen LogP contribution in [-0.2, 0) is 17.9 Å². The predicted octanol–water partition coefficient (Wildman–Crippen LogP) is 0.907. The molecule has 0 aliphatic carbocycles. The van der Waals surface area contributed by atoms with Crippen LogP contribution in [-0.4, -0.2) is 28.3 Å². The molecule has 0 fully saturated rings. The Morgan fingerprint density at radius 3 is 2.94 bits per heavy atom. The first kappa shape index (κ1) is 13.7. The average molecular weight is 238 g/mol. The minimum Gasteiger partial charge on any atom is -0.354 e. The summed E-state index contributed by atoms with van der Waals surface area (Å²) in [7, 11) is 0. The zero-order valence-corrected chi connectivity index (χ0v) is 10.9. The van der Waals surface area contributed by atoms with E-state index in [0.29, 0.717) is 13.0 Å². The molecule has 1 heterocycles. The van der Waals surface area contributed by atoms with Gasteiger partial charge < -0.3 is 10.6 Å². The maximum atomic E-state index is 11.4. The van der Waals surface area contributed by atoms with Crippen LogP contribution in [0.3, 0.4) is 0 Å². The zero-order valence-electron chi connectivity index (χ0n) is 10.9. The van der Waals surface area contributed by atoms with E-state index in [9.17, 15) is 4.79 Å². The van der Waals surface area contributed by atoms with Crippen molar-refractivity contribution in [3.63, 3.8) is 0 Å². The lowest BCUT2D eigenvalue weighted by molar-refractivity contribution is -0.121. The van der Waals surface area contributed by atoms with E-state index in [1.807, 2.05) is 24.6 Å². The molecule has 0 spiro atoms. The fraction of sp³-hybridized carbons (Fsp3) is 0.667. The number of amides is 1. The summed E-state index contributed by atoms with van der Waals surface area (Å²) in [6.07, 6.45) is 2.31. The minimum absolute atomic E-state index is 0.0940. The van der Waals surface area contributed by atoms with Crippen LogP contribution in [0.2, 0.25) is 0 Å². The first-order valence-corrected chi connectivity index (χ1v) is 6.14. The third-order valence-corrected chi connectivity index (χ3v) is 2.39. The third-order valence-electron chi connectivity index (χ3n) is 2.39. The third kappa shape index (κ3) is 4.99. The topological polar surface area (TPSA) is 59.0 Å². The van der Waals surface area contributed by atoms with E-state index in [1.165, 1.54) is 0 Å². The van der Waals surface area contributed by atoms with Gasteiger partial charge in [0.25, 0.3) is 0 Å². The van der Waals surface area contributed by atoms with Crippen molar-refractivity contribution in [3.05, 3.63) is 18.0 Å². The highest BCUT2D eigenvalue weighted by Crippen LogP contribution is 1.97. The van der Waals surface area contributed by atoms with Gasteiger partial charge in [-0.05, 0) is 26.8 Å². The van der Waals surface area contributed by atoms with Crippen molar-refractivity contribution in [2.75, 3.05) is 6.54 Å². The summed E-state index contributed by atoms with van der Waals surface area (Å²) in [5.41, 5.74) is 1.15. The number of carbonyl (C=O) groups is 1. The first-order chi connectivity index (χ1) is 8.13. The summed E-state index contributed by atoms with van der Waals surface area (Å²) in [5.74, 6) is 0.0940. The maximum Gasteiger partial charge on any atom is 0.221 e. The Hall–Kier alpha value is -1.36. The fourth-order valence-electron chi connectivity index (χ4n) is 1.61. The number of nitrogens with one attached hydrogen (secondary N) is 2. The summed E-state index contributed by atoms with van der Waals surface area (Å²) < 4.78 is 1.95. The second kappa shape index (κ2) is 7.06. The molecule has 0 bridgehead atoms. The van der Waals surface area contributed by atoms with E-state index in [1.54, 1.807) is 6.20 Å². The van der Waals surface area contributed by atoms with E-state index in [-0.39, 0.29) is 11.9 Å². The standard InChI is InChI=1S/C12H22N4O/c1-4-16-11(5-8-14-16)9-13-7-6-12(17)15-10(2)3/h5,8,10,13H,4,6-7,9H2,1-3H3,(H,15,17). The largest absolute Gasteiger partial charge is 0.354 e. The van der Waals surface area contributed by atoms with E-state index < -0.39 is 0 Å². The second-order valence-corrected chi connectivity index (χ2v) is 4.29. The fourth-order valence-corrected chi connectivity index (χ4v) is 1.61. The molecule has 1 aromatic rings. The molecule has 5 nitrogen and oxygen atoms in total. The van der Waals surface area contributed by atoms with Crippen molar-refractivity contribution in [3.8, 4) is 0 Å². The van der Waals surface area contributed by atoms with Crippen LogP contribution in [0.4, 0.5) is 0 Å². The SMILES string of the molecule is CCn1nccc1CNCCC(=O)NC(C)C. The van der Waals surface area contributed by atoms with Gasteiger partial charge in [0.05, 0.1) is 5.69 Å². The molecule has 0 aliphatic heterocycles. The van der Waals surface area contributed by atoms with Crippen molar-refractivity contribution in [1.82, 2.24) is 20.4 Å². The summed E-state index contributed by atoms with van der Waals surface area (Å²) in [6.45, 7) is 8.30. The van der Waals surface area contributed by atoms with Crippen LogP contribution >= 0.6 is 0 Å². The van der Waals surface area contributed by atoms with Gasteiger partial charge in [0.1, 0.15) is 0 Å². The number of nitrogens with zero attached hydrogens (tertiary/aromatic N) is 2. The van der Waals surface area contributed by atoms with Gasteiger partial charge in [-0.25, -0.2) is 0 Å². The molecule has 0 saturated heterocycles.